The second-order valence-electron chi connectivity index (χ2n) is 6.39. The summed E-state index contributed by atoms with van der Waals surface area (Å²) in [6, 6.07) is 1.44. The number of piperidine rings is 1. The summed E-state index contributed by atoms with van der Waals surface area (Å²) in [4.78, 5) is 5.36. The molecule has 0 aromatic heterocycles. The minimum absolute atomic E-state index is 0.164. The van der Waals surface area contributed by atoms with Gasteiger partial charge in [-0.15, -0.1) is 0 Å². The first-order valence-electron chi connectivity index (χ1n) is 7.04. The Morgan fingerprint density at radius 1 is 1.24 bits per heavy atom. The van der Waals surface area contributed by atoms with Gasteiger partial charge in [0.25, 0.3) is 0 Å². The first kappa shape index (κ1) is 13.3. The van der Waals surface area contributed by atoms with Crippen molar-refractivity contribution in [3.05, 3.63) is 0 Å². The Kier molecular flexibility index (Phi) is 4.11. The van der Waals surface area contributed by atoms with Crippen molar-refractivity contribution in [2.45, 2.75) is 57.7 Å². The van der Waals surface area contributed by atoms with E-state index in [4.69, 9.17) is 4.74 Å². The molecule has 0 amide bonds. The van der Waals surface area contributed by atoms with Crippen LogP contribution in [-0.2, 0) is 4.74 Å². The summed E-state index contributed by atoms with van der Waals surface area (Å²) in [5.41, 5.74) is 0.164. The summed E-state index contributed by atoms with van der Waals surface area (Å²) in [7, 11) is 1.81. The lowest BCUT2D eigenvalue weighted by Gasteiger charge is -2.52. The fourth-order valence-corrected chi connectivity index (χ4v) is 3.63. The highest BCUT2D eigenvalue weighted by Gasteiger charge is 2.39. The van der Waals surface area contributed by atoms with Gasteiger partial charge < -0.3 is 4.74 Å². The Bertz CT molecular complexity index is 255. The van der Waals surface area contributed by atoms with E-state index in [-0.39, 0.29) is 5.54 Å². The highest BCUT2D eigenvalue weighted by atomic mass is 16.5. The van der Waals surface area contributed by atoms with E-state index in [9.17, 15) is 0 Å². The van der Waals surface area contributed by atoms with E-state index in [0.717, 1.165) is 12.6 Å². The van der Waals surface area contributed by atoms with Crippen LogP contribution in [0.5, 0.6) is 0 Å². The van der Waals surface area contributed by atoms with Gasteiger partial charge in [-0.2, -0.15) is 0 Å². The molecule has 2 aliphatic heterocycles. The zero-order valence-corrected chi connectivity index (χ0v) is 11.9. The van der Waals surface area contributed by atoms with E-state index in [1.54, 1.807) is 0 Å². The number of ether oxygens (including phenoxy) is 1. The van der Waals surface area contributed by atoms with Crippen LogP contribution in [0.2, 0.25) is 0 Å². The third-order valence-electron chi connectivity index (χ3n) is 4.46. The third-order valence-corrected chi connectivity index (χ3v) is 4.46. The molecule has 3 heteroatoms. The maximum absolute atomic E-state index is 5.39. The fraction of sp³-hybridized carbons (Fsp3) is 1.00. The summed E-state index contributed by atoms with van der Waals surface area (Å²) in [5, 5.41) is 0. The lowest BCUT2D eigenvalue weighted by Crippen LogP contribution is -2.64. The van der Waals surface area contributed by atoms with Gasteiger partial charge in [-0.3, -0.25) is 9.80 Å². The average Bonchev–Trinajstić information content (AvgIpc) is 2.27. The van der Waals surface area contributed by atoms with Crippen molar-refractivity contribution in [1.82, 2.24) is 9.80 Å². The van der Waals surface area contributed by atoms with Gasteiger partial charge in [0.1, 0.15) is 0 Å². The van der Waals surface area contributed by atoms with Crippen LogP contribution in [0.4, 0.5) is 0 Å². The van der Waals surface area contributed by atoms with Gasteiger partial charge in [-0.1, -0.05) is 6.42 Å². The molecule has 2 saturated heterocycles. The molecule has 0 saturated carbocycles. The average molecular weight is 240 g/mol. The fourth-order valence-electron chi connectivity index (χ4n) is 3.63. The van der Waals surface area contributed by atoms with Crippen LogP contribution < -0.4 is 0 Å². The zero-order valence-electron chi connectivity index (χ0n) is 11.9. The van der Waals surface area contributed by atoms with Crippen molar-refractivity contribution in [3.63, 3.8) is 0 Å². The second kappa shape index (κ2) is 5.25. The molecule has 2 atom stereocenters. The molecule has 2 fully saturated rings. The molecule has 0 aromatic rings. The SMILES string of the molecule is COCC(C)(C)N1CC2CCCCN2CC1C. The van der Waals surface area contributed by atoms with Crippen LogP contribution in [0.25, 0.3) is 0 Å². The number of piperazine rings is 1. The van der Waals surface area contributed by atoms with Crippen LogP contribution >= 0.6 is 0 Å². The molecule has 0 aromatic carbocycles. The van der Waals surface area contributed by atoms with Crippen LogP contribution in [0.3, 0.4) is 0 Å². The molecular formula is C14H28N2O. The van der Waals surface area contributed by atoms with Crippen LogP contribution in [-0.4, -0.2) is 60.8 Å². The van der Waals surface area contributed by atoms with Crippen molar-refractivity contribution < 1.29 is 4.74 Å². The minimum atomic E-state index is 0.164. The number of hydrogen-bond acceptors (Lipinski definition) is 3. The summed E-state index contributed by atoms with van der Waals surface area (Å²) >= 11 is 0. The van der Waals surface area contributed by atoms with Gasteiger partial charge in [0, 0.05) is 37.8 Å². The Morgan fingerprint density at radius 3 is 2.71 bits per heavy atom. The maximum Gasteiger partial charge on any atom is 0.0641 e. The van der Waals surface area contributed by atoms with Gasteiger partial charge in [0.2, 0.25) is 0 Å². The summed E-state index contributed by atoms with van der Waals surface area (Å²) in [6.45, 7) is 11.6. The Labute approximate surface area is 106 Å². The highest BCUT2D eigenvalue weighted by molar-refractivity contribution is 4.95. The molecule has 0 spiro atoms. The first-order chi connectivity index (χ1) is 8.04. The smallest absolute Gasteiger partial charge is 0.0641 e. The monoisotopic (exact) mass is 240 g/mol. The lowest BCUT2D eigenvalue weighted by atomic mass is 9.92. The number of rotatable bonds is 3. The van der Waals surface area contributed by atoms with E-state index in [1.165, 1.54) is 38.9 Å². The van der Waals surface area contributed by atoms with E-state index in [1.807, 2.05) is 7.11 Å². The van der Waals surface area contributed by atoms with Crippen molar-refractivity contribution in [2.24, 2.45) is 0 Å². The van der Waals surface area contributed by atoms with Crippen LogP contribution in [0, 0.1) is 0 Å². The van der Waals surface area contributed by atoms with Gasteiger partial charge in [-0.25, -0.2) is 0 Å². The van der Waals surface area contributed by atoms with Crippen molar-refractivity contribution in [1.29, 1.82) is 0 Å². The van der Waals surface area contributed by atoms with E-state index in [2.05, 4.69) is 30.6 Å². The van der Waals surface area contributed by atoms with Gasteiger partial charge in [0.05, 0.1) is 6.61 Å². The molecule has 0 N–H and O–H groups in total. The van der Waals surface area contributed by atoms with Crippen molar-refractivity contribution in [2.75, 3.05) is 33.4 Å². The zero-order chi connectivity index (χ0) is 12.5. The molecule has 2 unspecified atom stereocenters. The van der Waals surface area contributed by atoms with E-state index in [0.29, 0.717) is 6.04 Å². The molecule has 0 radical (unpaired) electrons. The van der Waals surface area contributed by atoms with Crippen molar-refractivity contribution >= 4 is 0 Å². The molecular weight excluding hydrogens is 212 g/mol. The normalized spacial score (nSPS) is 32.5. The number of methoxy groups -OCH3 is 1. The summed E-state index contributed by atoms with van der Waals surface area (Å²) < 4.78 is 5.39. The van der Waals surface area contributed by atoms with Gasteiger partial charge in [0.15, 0.2) is 0 Å². The van der Waals surface area contributed by atoms with Gasteiger partial charge in [-0.05, 0) is 40.2 Å². The predicted octanol–water partition coefficient (Wildman–Crippen LogP) is 1.97. The summed E-state index contributed by atoms with van der Waals surface area (Å²) in [5.74, 6) is 0. The number of fused-ring (bicyclic) bond motifs is 1. The minimum Gasteiger partial charge on any atom is -0.383 e. The van der Waals surface area contributed by atoms with E-state index < -0.39 is 0 Å². The standard InChI is InChI=1S/C14H28N2O/c1-12-9-15-8-6-5-7-13(15)10-16(12)14(2,3)11-17-4/h12-13H,5-11H2,1-4H3. The van der Waals surface area contributed by atoms with E-state index >= 15 is 0 Å². The molecule has 2 rings (SSSR count). The third kappa shape index (κ3) is 2.83. The Morgan fingerprint density at radius 2 is 2.00 bits per heavy atom. The summed E-state index contributed by atoms with van der Waals surface area (Å²) in [6.07, 6.45) is 4.19. The highest BCUT2D eigenvalue weighted by Crippen LogP contribution is 2.29. The molecule has 3 nitrogen and oxygen atoms in total. The topological polar surface area (TPSA) is 15.7 Å². The molecule has 2 aliphatic rings. The molecule has 100 valence electrons. The van der Waals surface area contributed by atoms with Crippen molar-refractivity contribution in [3.8, 4) is 0 Å². The largest absolute Gasteiger partial charge is 0.383 e. The van der Waals surface area contributed by atoms with Crippen LogP contribution in [0.1, 0.15) is 40.0 Å². The van der Waals surface area contributed by atoms with Crippen LogP contribution in [0.15, 0.2) is 0 Å². The predicted molar refractivity (Wildman–Crippen MR) is 71.3 cm³/mol. The number of hydrogen-bond donors (Lipinski definition) is 0. The molecule has 0 bridgehead atoms. The second-order valence-corrected chi connectivity index (χ2v) is 6.39. The quantitative estimate of drug-likeness (QED) is 0.750. The maximum atomic E-state index is 5.39. The number of nitrogens with zero attached hydrogens (tertiary/aromatic N) is 2. The molecule has 0 aliphatic carbocycles. The Hall–Kier alpha value is -0.120. The molecule has 2 heterocycles. The van der Waals surface area contributed by atoms with Gasteiger partial charge >= 0.3 is 0 Å². The molecule has 17 heavy (non-hydrogen) atoms. The Balaban J connectivity index is 2.03. The first-order valence-corrected chi connectivity index (χ1v) is 7.04. The lowest BCUT2D eigenvalue weighted by molar-refractivity contribution is -0.0593.